The third-order valence-corrected chi connectivity index (χ3v) is 2.60. The van der Waals surface area contributed by atoms with E-state index in [1.165, 1.54) is 0 Å². The summed E-state index contributed by atoms with van der Waals surface area (Å²) in [4.78, 5) is 4.25. The van der Waals surface area contributed by atoms with Gasteiger partial charge >= 0.3 is 0 Å². The minimum atomic E-state index is 0.886. The van der Waals surface area contributed by atoms with E-state index in [0.29, 0.717) is 0 Å². The van der Waals surface area contributed by atoms with E-state index in [2.05, 4.69) is 22.2 Å². The van der Waals surface area contributed by atoms with Crippen LogP contribution in [0.15, 0.2) is 48.7 Å². The predicted octanol–water partition coefficient (Wildman–Crippen LogP) is 2.70. The third kappa shape index (κ3) is 1.37. The molecule has 78 valence electrons. The van der Waals surface area contributed by atoms with Crippen molar-refractivity contribution in [3.8, 4) is 11.3 Å². The molecule has 0 aliphatic heterocycles. The Kier molecular flexibility index (Phi) is 1.96. The van der Waals surface area contributed by atoms with Crippen LogP contribution in [0.4, 0.5) is 0 Å². The highest BCUT2D eigenvalue weighted by Gasteiger charge is 2.03. The minimum absolute atomic E-state index is 0.886. The number of aromatic nitrogens is 3. The normalized spacial score (nSPS) is 10.8. The number of nitrogens with zero attached hydrogens (tertiary/aromatic N) is 3. The summed E-state index contributed by atoms with van der Waals surface area (Å²) < 4.78 is 1.86. The van der Waals surface area contributed by atoms with Gasteiger partial charge in [-0.3, -0.25) is 0 Å². The van der Waals surface area contributed by atoms with Gasteiger partial charge in [-0.15, -0.1) is 0 Å². The first-order valence-corrected chi connectivity index (χ1v) is 5.21. The first-order chi connectivity index (χ1) is 7.84. The summed E-state index contributed by atoms with van der Waals surface area (Å²) in [5.41, 5.74) is 4.02. The van der Waals surface area contributed by atoms with E-state index < -0.39 is 0 Å². The Bertz CT molecular complexity index is 626. The Morgan fingerprint density at radius 2 is 1.81 bits per heavy atom. The van der Waals surface area contributed by atoms with E-state index in [9.17, 15) is 0 Å². The van der Waals surface area contributed by atoms with Gasteiger partial charge in [0, 0.05) is 5.56 Å². The maximum Gasteiger partial charge on any atom is 0.153 e. The van der Waals surface area contributed by atoms with Crippen molar-refractivity contribution in [2.75, 3.05) is 0 Å². The number of hydrogen-bond acceptors (Lipinski definition) is 2. The molecule has 1 aromatic carbocycles. The summed E-state index contributed by atoms with van der Waals surface area (Å²) in [6.07, 6.45) is 1.83. The van der Waals surface area contributed by atoms with Crippen molar-refractivity contribution in [3.63, 3.8) is 0 Å². The smallest absolute Gasteiger partial charge is 0.153 e. The van der Waals surface area contributed by atoms with Gasteiger partial charge in [0.2, 0.25) is 0 Å². The zero-order chi connectivity index (χ0) is 11.0. The van der Waals surface area contributed by atoms with Gasteiger partial charge in [0.25, 0.3) is 0 Å². The fraction of sp³-hybridized carbons (Fsp3) is 0.0769. The van der Waals surface area contributed by atoms with Gasteiger partial charge in [-0.1, -0.05) is 30.3 Å². The lowest BCUT2D eigenvalue weighted by Crippen LogP contribution is -1.95. The third-order valence-electron chi connectivity index (χ3n) is 2.60. The van der Waals surface area contributed by atoms with Crippen molar-refractivity contribution in [1.82, 2.24) is 14.6 Å². The molecule has 3 nitrogen and oxygen atoms in total. The Morgan fingerprint density at radius 3 is 2.62 bits per heavy atom. The van der Waals surface area contributed by atoms with Gasteiger partial charge in [0.05, 0.1) is 17.6 Å². The van der Waals surface area contributed by atoms with Gasteiger partial charge in [0.15, 0.2) is 5.65 Å². The summed E-state index contributed by atoms with van der Waals surface area (Å²) in [5, 5.41) is 4.56. The van der Waals surface area contributed by atoms with Crippen molar-refractivity contribution >= 4 is 5.65 Å². The first kappa shape index (κ1) is 9.09. The second kappa shape index (κ2) is 3.45. The molecule has 0 aliphatic carbocycles. The van der Waals surface area contributed by atoms with Crippen LogP contribution in [0.5, 0.6) is 0 Å². The summed E-state index contributed by atoms with van der Waals surface area (Å²) in [6.45, 7) is 2.00. The number of imidazole rings is 1. The minimum Gasteiger partial charge on any atom is -0.235 e. The largest absolute Gasteiger partial charge is 0.235 e. The summed E-state index contributed by atoms with van der Waals surface area (Å²) in [7, 11) is 0. The first-order valence-electron chi connectivity index (χ1n) is 5.21. The zero-order valence-electron chi connectivity index (χ0n) is 8.96. The molecule has 0 fully saturated rings. The van der Waals surface area contributed by atoms with Crippen LogP contribution < -0.4 is 0 Å². The molecule has 0 bridgehead atoms. The van der Waals surface area contributed by atoms with Crippen LogP contribution in [-0.2, 0) is 0 Å². The average Bonchev–Trinajstić information content (AvgIpc) is 2.72. The van der Waals surface area contributed by atoms with Crippen LogP contribution in [0.3, 0.4) is 0 Å². The van der Waals surface area contributed by atoms with Crippen molar-refractivity contribution in [3.05, 3.63) is 54.4 Å². The Hall–Kier alpha value is -2.16. The van der Waals surface area contributed by atoms with Crippen LogP contribution >= 0.6 is 0 Å². The zero-order valence-corrected chi connectivity index (χ0v) is 8.96. The highest BCUT2D eigenvalue weighted by atomic mass is 15.3. The van der Waals surface area contributed by atoms with Crippen molar-refractivity contribution < 1.29 is 0 Å². The monoisotopic (exact) mass is 209 g/mol. The molecule has 3 rings (SSSR count). The summed E-state index contributed by atoms with van der Waals surface area (Å²) >= 11 is 0. The second-order valence-corrected chi connectivity index (χ2v) is 3.75. The SMILES string of the molecule is Cc1cnc2ccc(-c3ccccc3)nn12. The lowest BCUT2D eigenvalue weighted by atomic mass is 10.1. The fourth-order valence-corrected chi connectivity index (χ4v) is 1.75. The molecule has 3 aromatic rings. The van der Waals surface area contributed by atoms with Crippen LogP contribution in [0.25, 0.3) is 16.9 Å². The van der Waals surface area contributed by atoms with E-state index in [0.717, 1.165) is 22.6 Å². The van der Waals surface area contributed by atoms with Crippen molar-refractivity contribution in [1.29, 1.82) is 0 Å². The lowest BCUT2D eigenvalue weighted by molar-refractivity contribution is 0.905. The Balaban J connectivity index is 2.22. The van der Waals surface area contributed by atoms with Crippen molar-refractivity contribution in [2.45, 2.75) is 6.92 Å². The number of rotatable bonds is 1. The second-order valence-electron chi connectivity index (χ2n) is 3.75. The Labute approximate surface area is 93.4 Å². The predicted molar refractivity (Wildman–Crippen MR) is 63.2 cm³/mol. The highest BCUT2D eigenvalue weighted by molar-refractivity contribution is 5.60. The average molecular weight is 209 g/mol. The number of aryl methyl sites for hydroxylation is 1. The molecule has 2 aromatic heterocycles. The molecule has 0 aliphatic rings. The molecular formula is C13H11N3. The van der Waals surface area contributed by atoms with Crippen LogP contribution in [0.2, 0.25) is 0 Å². The molecule has 16 heavy (non-hydrogen) atoms. The van der Waals surface area contributed by atoms with Gasteiger partial charge in [-0.25, -0.2) is 9.50 Å². The molecule has 0 atom stereocenters. The standard InChI is InChI=1S/C13H11N3/c1-10-9-14-13-8-7-12(15-16(10)13)11-5-3-2-4-6-11/h2-9H,1H3. The van der Waals surface area contributed by atoms with Crippen molar-refractivity contribution in [2.24, 2.45) is 0 Å². The number of hydrogen-bond donors (Lipinski definition) is 0. The van der Waals surface area contributed by atoms with E-state index >= 15 is 0 Å². The maximum absolute atomic E-state index is 4.56. The summed E-state index contributed by atoms with van der Waals surface area (Å²) in [5.74, 6) is 0. The molecule has 0 saturated heterocycles. The molecule has 0 saturated carbocycles. The molecule has 0 amide bonds. The molecule has 2 heterocycles. The Morgan fingerprint density at radius 1 is 1.00 bits per heavy atom. The van der Waals surface area contributed by atoms with Crippen LogP contribution in [0, 0.1) is 6.92 Å². The van der Waals surface area contributed by atoms with Crippen LogP contribution in [0.1, 0.15) is 5.69 Å². The quantitative estimate of drug-likeness (QED) is 0.616. The number of fused-ring (bicyclic) bond motifs is 1. The van der Waals surface area contributed by atoms with E-state index in [4.69, 9.17) is 0 Å². The molecule has 0 N–H and O–H groups in total. The number of benzene rings is 1. The molecular weight excluding hydrogens is 198 g/mol. The topological polar surface area (TPSA) is 30.2 Å². The highest BCUT2D eigenvalue weighted by Crippen LogP contribution is 2.16. The molecule has 0 radical (unpaired) electrons. The molecule has 0 spiro atoms. The van der Waals surface area contributed by atoms with Crippen LogP contribution in [-0.4, -0.2) is 14.6 Å². The maximum atomic E-state index is 4.56. The summed E-state index contributed by atoms with van der Waals surface area (Å²) in [6, 6.07) is 14.1. The van der Waals surface area contributed by atoms with E-state index in [1.54, 1.807) is 0 Å². The van der Waals surface area contributed by atoms with Gasteiger partial charge in [-0.05, 0) is 19.1 Å². The van der Waals surface area contributed by atoms with E-state index in [1.807, 2.05) is 48.0 Å². The molecule has 0 unspecified atom stereocenters. The molecule has 3 heteroatoms. The van der Waals surface area contributed by atoms with Gasteiger partial charge in [-0.2, -0.15) is 5.10 Å². The fourth-order valence-electron chi connectivity index (χ4n) is 1.75. The lowest BCUT2D eigenvalue weighted by Gasteiger charge is -2.01. The van der Waals surface area contributed by atoms with Gasteiger partial charge in [0.1, 0.15) is 0 Å². The van der Waals surface area contributed by atoms with Gasteiger partial charge < -0.3 is 0 Å². The van der Waals surface area contributed by atoms with E-state index in [-0.39, 0.29) is 0 Å².